The van der Waals surface area contributed by atoms with Crippen molar-refractivity contribution in [3.8, 4) is 23.7 Å². The Morgan fingerprint density at radius 3 is 1.93 bits per heavy atom. The maximum absolute atomic E-state index is 3.08. The van der Waals surface area contributed by atoms with Gasteiger partial charge in [-0.3, -0.25) is 0 Å². The molecule has 0 aromatic heterocycles. The Morgan fingerprint density at radius 1 is 1.00 bits per heavy atom. The van der Waals surface area contributed by atoms with Crippen molar-refractivity contribution in [2.75, 3.05) is 6.16 Å². The molecule has 0 aliphatic rings. The van der Waals surface area contributed by atoms with Crippen LogP contribution in [0.15, 0.2) is 24.3 Å². The van der Waals surface area contributed by atoms with Crippen LogP contribution in [0.2, 0.25) is 0 Å². The maximum Gasteiger partial charge on any atom is 0.0246 e. The van der Waals surface area contributed by atoms with Gasteiger partial charge in [0.15, 0.2) is 0 Å². The first-order chi connectivity index (χ1) is 6.86. The molecule has 1 unspecified atom stereocenters. The zero-order valence-electron chi connectivity index (χ0n) is 8.30. The summed E-state index contributed by atoms with van der Waals surface area (Å²) in [6.45, 7) is 2.05. The number of hydrogen-bond donors (Lipinski definition) is 0. The van der Waals surface area contributed by atoms with Crippen LogP contribution in [0.25, 0.3) is 0 Å². The minimum absolute atomic E-state index is 0.817. The van der Waals surface area contributed by atoms with Crippen molar-refractivity contribution >= 4 is 9.24 Å². The van der Waals surface area contributed by atoms with Crippen molar-refractivity contribution in [3.05, 3.63) is 35.4 Å². The fraction of sp³-hybridized carbons (Fsp3) is 0.231. The van der Waals surface area contributed by atoms with Gasteiger partial charge in [0, 0.05) is 23.7 Å². The molecule has 0 fully saturated rings. The van der Waals surface area contributed by atoms with Crippen LogP contribution in [0.3, 0.4) is 0 Å². The topological polar surface area (TPSA) is 0 Å². The molecule has 1 aromatic carbocycles. The predicted octanol–water partition coefficient (Wildman–Crippen LogP) is 2.67. The number of rotatable bonds is 0. The van der Waals surface area contributed by atoms with Gasteiger partial charge in [0.25, 0.3) is 0 Å². The highest BCUT2D eigenvalue weighted by Gasteiger charge is 1.87. The second-order valence-corrected chi connectivity index (χ2v) is 3.15. The first-order valence-corrected chi connectivity index (χ1v) is 5.46. The molecule has 70 valence electrons. The van der Waals surface area contributed by atoms with E-state index in [4.69, 9.17) is 0 Å². The molecule has 1 atom stereocenters. The molecule has 0 aliphatic heterocycles. The van der Waals surface area contributed by atoms with Gasteiger partial charge in [0.2, 0.25) is 0 Å². The number of benzene rings is 1. The molecule has 1 aromatic rings. The highest BCUT2D eigenvalue weighted by Crippen LogP contribution is 2.01. The SMILES string of the molecule is CCC#Cc1ccc(C#CCP)cc1. The van der Waals surface area contributed by atoms with Gasteiger partial charge in [-0.15, -0.1) is 9.24 Å². The average molecular weight is 200 g/mol. The quantitative estimate of drug-likeness (QED) is 0.446. The minimum Gasteiger partial charge on any atom is -0.125 e. The third-order valence-corrected chi connectivity index (χ3v) is 1.83. The standard InChI is InChI=1S/C13H13P/c1-2-3-5-12-7-9-13(10-8-12)6-4-11-14/h7-10H,2,11,14H2,1H3. The van der Waals surface area contributed by atoms with Gasteiger partial charge in [-0.2, -0.15) is 0 Å². The van der Waals surface area contributed by atoms with Crippen molar-refractivity contribution in [1.29, 1.82) is 0 Å². The Bertz CT molecular complexity index is 352. The molecule has 0 saturated carbocycles. The van der Waals surface area contributed by atoms with Gasteiger partial charge in [0.1, 0.15) is 0 Å². The molecule has 0 nitrogen and oxygen atoms in total. The van der Waals surface area contributed by atoms with E-state index in [1.54, 1.807) is 0 Å². The summed E-state index contributed by atoms with van der Waals surface area (Å²) in [7, 11) is 2.59. The Labute approximate surface area is 88.3 Å². The molecule has 0 N–H and O–H groups in total. The highest BCUT2D eigenvalue weighted by molar-refractivity contribution is 7.16. The fourth-order valence-corrected chi connectivity index (χ4v) is 1.08. The van der Waals surface area contributed by atoms with E-state index in [0.29, 0.717) is 0 Å². The predicted molar refractivity (Wildman–Crippen MR) is 65.1 cm³/mol. The van der Waals surface area contributed by atoms with Crippen molar-refractivity contribution in [1.82, 2.24) is 0 Å². The van der Waals surface area contributed by atoms with E-state index >= 15 is 0 Å². The second kappa shape index (κ2) is 6.26. The van der Waals surface area contributed by atoms with Crippen molar-refractivity contribution in [3.63, 3.8) is 0 Å². The van der Waals surface area contributed by atoms with Crippen LogP contribution in [-0.2, 0) is 0 Å². The summed E-state index contributed by atoms with van der Waals surface area (Å²) in [5.41, 5.74) is 2.11. The largest absolute Gasteiger partial charge is 0.125 e. The molecule has 1 rings (SSSR count). The summed E-state index contributed by atoms with van der Waals surface area (Å²) in [5.74, 6) is 12.2. The third kappa shape index (κ3) is 3.66. The van der Waals surface area contributed by atoms with Gasteiger partial charge in [0.05, 0.1) is 0 Å². The Kier molecular flexibility index (Phi) is 4.85. The van der Waals surface area contributed by atoms with Gasteiger partial charge in [-0.05, 0) is 24.3 Å². The van der Waals surface area contributed by atoms with Crippen LogP contribution in [0.1, 0.15) is 24.5 Å². The van der Waals surface area contributed by atoms with Crippen molar-refractivity contribution in [2.45, 2.75) is 13.3 Å². The first-order valence-electron chi connectivity index (χ1n) is 4.64. The van der Waals surface area contributed by atoms with E-state index in [0.717, 1.165) is 23.7 Å². The Hall–Kier alpha value is -1.23. The van der Waals surface area contributed by atoms with E-state index in [1.807, 2.05) is 31.2 Å². The molecular formula is C13H13P. The first kappa shape index (κ1) is 10.8. The third-order valence-electron chi connectivity index (χ3n) is 1.63. The molecule has 0 saturated heterocycles. The maximum atomic E-state index is 3.08. The van der Waals surface area contributed by atoms with Gasteiger partial charge in [-0.1, -0.05) is 30.6 Å². The molecule has 0 bridgehead atoms. The van der Waals surface area contributed by atoms with Crippen LogP contribution < -0.4 is 0 Å². The van der Waals surface area contributed by atoms with E-state index in [-0.39, 0.29) is 0 Å². The van der Waals surface area contributed by atoms with Gasteiger partial charge >= 0.3 is 0 Å². The van der Waals surface area contributed by atoms with E-state index in [2.05, 4.69) is 32.9 Å². The summed E-state index contributed by atoms with van der Waals surface area (Å²) in [5, 5.41) is 0. The second-order valence-electron chi connectivity index (χ2n) is 2.74. The van der Waals surface area contributed by atoms with Crippen LogP contribution in [0, 0.1) is 23.7 Å². The summed E-state index contributed by atoms with van der Waals surface area (Å²) in [6.07, 6.45) is 1.71. The lowest BCUT2D eigenvalue weighted by atomic mass is 10.1. The fourth-order valence-electron chi connectivity index (χ4n) is 0.980. The van der Waals surface area contributed by atoms with Crippen molar-refractivity contribution in [2.24, 2.45) is 0 Å². The molecule has 0 aliphatic carbocycles. The highest BCUT2D eigenvalue weighted by atomic mass is 31.0. The lowest BCUT2D eigenvalue weighted by molar-refractivity contribution is 1.28. The molecular weight excluding hydrogens is 187 g/mol. The summed E-state index contributed by atoms with van der Waals surface area (Å²) >= 11 is 0. The van der Waals surface area contributed by atoms with Crippen LogP contribution in [0.5, 0.6) is 0 Å². The van der Waals surface area contributed by atoms with E-state index < -0.39 is 0 Å². The number of hydrogen-bond acceptors (Lipinski definition) is 0. The van der Waals surface area contributed by atoms with Crippen LogP contribution in [0.4, 0.5) is 0 Å². The lowest BCUT2D eigenvalue weighted by Crippen LogP contribution is -1.77. The molecule has 0 spiro atoms. The summed E-state index contributed by atoms with van der Waals surface area (Å²) in [6, 6.07) is 8.03. The normalized spacial score (nSPS) is 8.14. The molecule has 1 heteroatoms. The molecule has 0 radical (unpaired) electrons. The monoisotopic (exact) mass is 200 g/mol. The van der Waals surface area contributed by atoms with Crippen molar-refractivity contribution < 1.29 is 0 Å². The smallest absolute Gasteiger partial charge is 0.0246 e. The average Bonchev–Trinajstić information content (AvgIpc) is 2.25. The van der Waals surface area contributed by atoms with E-state index in [1.165, 1.54) is 0 Å². The Balaban J connectivity index is 2.78. The zero-order valence-corrected chi connectivity index (χ0v) is 9.46. The lowest BCUT2D eigenvalue weighted by Gasteiger charge is -1.90. The zero-order chi connectivity index (χ0) is 10.2. The molecule has 0 heterocycles. The minimum atomic E-state index is 0.817. The molecule has 14 heavy (non-hydrogen) atoms. The summed E-state index contributed by atoms with van der Waals surface area (Å²) < 4.78 is 0. The van der Waals surface area contributed by atoms with E-state index in [9.17, 15) is 0 Å². The van der Waals surface area contributed by atoms with Crippen LogP contribution in [-0.4, -0.2) is 6.16 Å². The Morgan fingerprint density at radius 2 is 1.50 bits per heavy atom. The van der Waals surface area contributed by atoms with Gasteiger partial charge < -0.3 is 0 Å². The van der Waals surface area contributed by atoms with Crippen LogP contribution >= 0.6 is 9.24 Å². The molecule has 0 amide bonds. The van der Waals surface area contributed by atoms with Gasteiger partial charge in [-0.25, -0.2) is 0 Å². The summed E-state index contributed by atoms with van der Waals surface area (Å²) in [4.78, 5) is 0.